The van der Waals surface area contributed by atoms with Crippen LogP contribution in [0.2, 0.25) is 0 Å². The van der Waals surface area contributed by atoms with Crippen LogP contribution in [-0.2, 0) is 0 Å². The van der Waals surface area contributed by atoms with Crippen LogP contribution in [0.5, 0.6) is 0 Å². The molecule has 15 heavy (non-hydrogen) atoms. The molecule has 0 radical (unpaired) electrons. The molecule has 0 bridgehead atoms. The molecular formula is C10H15N3OS. The van der Waals surface area contributed by atoms with Crippen molar-refractivity contribution in [1.82, 2.24) is 9.19 Å². The van der Waals surface area contributed by atoms with Crippen LogP contribution in [0, 0.1) is 5.92 Å². The number of rotatable bonds is 3. The van der Waals surface area contributed by atoms with Gasteiger partial charge in [0.2, 0.25) is 0 Å². The van der Waals surface area contributed by atoms with Gasteiger partial charge in [0.1, 0.15) is 11.4 Å². The summed E-state index contributed by atoms with van der Waals surface area (Å²) in [6, 6.07) is 0. The van der Waals surface area contributed by atoms with E-state index in [-0.39, 0.29) is 11.7 Å². The molecular weight excluding hydrogens is 210 g/mol. The molecule has 0 saturated heterocycles. The Morgan fingerprint density at radius 2 is 2.13 bits per heavy atom. The van der Waals surface area contributed by atoms with Crippen LogP contribution in [0.25, 0.3) is 0 Å². The van der Waals surface area contributed by atoms with Crippen molar-refractivity contribution in [3.63, 3.8) is 0 Å². The average molecular weight is 225 g/mol. The Labute approximate surface area is 94.9 Å². The summed E-state index contributed by atoms with van der Waals surface area (Å²) >= 11 is 4.09. The normalized spacial score (nSPS) is 10.5. The number of aliphatic imine (C=N–C) groups is 1. The van der Waals surface area contributed by atoms with E-state index in [0.29, 0.717) is 11.4 Å². The number of nitrogens with zero attached hydrogens (tertiary/aromatic N) is 3. The lowest BCUT2D eigenvalue weighted by Crippen LogP contribution is -2.11. The van der Waals surface area contributed by atoms with Crippen LogP contribution in [0.4, 0.5) is 5.69 Å². The standard InChI is InChI=1S/C10H15N3OS/c1-6(2)10(14)9-8(12-7(3)4)5-11-13(9)15/h5-6,15H,1-4H3. The van der Waals surface area contributed by atoms with E-state index in [9.17, 15) is 4.79 Å². The van der Waals surface area contributed by atoms with Gasteiger partial charge < -0.3 is 0 Å². The molecule has 1 rings (SSSR count). The lowest BCUT2D eigenvalue weighted by Gasteiger charge is -2.04. The van der Waals surface area contributed by atoms with E-state index in [4.69, 9.17) is 0 Å². The van der Waals surface area contributed by atoms with Crippen molar-refractivity contribution in [1.29, 1.82) is 0 Å². The van der Waals surface area contributed by atoms with Crippen molar-refractivity contribution < 1.29 is 4.79 Å². The minimum absolute atomic E-state index is 0.00231. The van der Waals surface area contributed by atoms with Crippen LogP contribution >= 0.6 is 12.8 Å². The van der Waals surface area contributed by atoms with E-state index in [0.717, 1.165) is 5.71 Å². The second kappa shape index (κ2) is 4.61. The molecule has 1 heterocycles. The van der Waals surface area contributed by atoms with Crippen LogP contribution in [0.15, 0.2) is 11.2 Å². The summed E-state index contributed by atoms with van der Waals surface area (Å²) in [5.41, 5.74) is 1.92. The van der Waals surface area contributed by atoms with Gasteiger partial charge in [-0.3, -0.25) is 9.79 Å². The van der Waals surface area contributed by atoms with Crippen LogP contribution in [-0.4, -0.2) is 20.7 Å². The zero-order valence-corrected chi connectivity index (χ0v) is 10.2. The maximum absolute atomic E-state index is 11.8. The summed E-state index contributed by atoms with van der Waals surface area (Å²) in [6.45, 7) is 7.43. The second-order valence-electron chi connectivity index (χ2n) is 3.85. The van der Waals surface area contributed by atoms with Gasteiger partial charge >= 0.3 is 0 Å². The molecule has 0 spiro atoms. The Bertz CT molecular complexity index is 403. The van der Waals surface area contributed by atoms with Crippen molar-refractivity contribution in [3.8, 4) is 0 Å². The fourth-order valence-corrected chi connectivity index (χ4v) is 1.40. The number of hydrogen-bond acceptors (Lipinski definition) is 4. The van der Waals surface area contributed by atoms with Gasteiger partial charge in [0, 0.05) is 11.6 Å². The van der Waals surface area contributed by atoms with Gasteiger partial charge in [0.05, 0.1) is 6.20 Å². The first-order valence-corrected chi connectivity index (χ1v) is 5.17. The number of Topliss-reactive ketones (excluding diaryl/α,β-unsaturated/α-hetero) is 1. The Morgan fingerprint density at radius 3 is 2.60 bits per heavy atom. The molecule has 1 aromatic rings. The Hall–Kier alpha value is -1.10. The Morgan fingerprint density at radius 1 is 1.53 bits per heavy atom. The van der Waals surface area contributed by atoms with Crippen molar-refractivity contribution >= 4 is 30.0 Å². The maximum Gasteiger partial charge on any atom is 0.186 e. The fourth-order valence-electron chi connectivity index (χ4n) is 1.15. The Balaban J connectivity index is 3.21. The zero-order chi connectivity index (χ0) is 11.6. The molecule has 0 amide bonds. The predicted molar refractivity (Wildman–Crippen MR) is 64.2 cm³/mol. The van der Waals surface area contributed by atoms with Gasteiger partial charge in [0.15, 0.2) is 5.78 Å². The lowest BCUT2D eigenvalue weighted by molar-refractivity contribution is 0.0934. The highest BCUT2D eigenvalue weighted by Gasteiger charge is 2.19. The first-order valence-electron chi connectivity index (χ1n) is 4.77. The molecule has 0 aliphatic heterocycles. The summed E-state index contributed by atoms with van der Waals surface area (Å²) in [5, 5.41) is 3.93. The lowest BCUT2D eigenvalue weighted by atomic mass is 10.1. The molecule has 0 atom stereocenters. The van der Waals surface area contributed by atoms with Crippen LogP contribution < -0.4 is 0 Å². The number of aromatic nitrogens is 2. The number of carbonyl (C=O) groups is 1. The van der Waals surface area contributed by atoms with Crippen molar-refractivity contribution in [2.75, 3.05) is 0 Å². The monoisotopic (exact) mass is 225 g/mol. The van der Waals surface area contributed by atoms with Crippen molar-refractivity contribution in [2.24, 2.45) is 10.9 Å². The first kappa shape index (κ1) is 12.0. The predicted octanol–water partition coefficient (Wildman–Crippen LogP) is 2.53. The minimum Gasteiger partial charge on any atom is -0.292 e. The smallest absolute Gasteiger partial charge is 0.186 e. The topological polar surface area (TPSA) is 47.2 Å². The first-order chi connectivity index (χ1) is 6.93. The second-order valence-corrected chi connectivity index (χ2v) is 4.22. The van der Waals surface area contributed by atoms with E-state index in [1.54, 1.807) is 6.20 Å². The van der Waals surface area contributed by atoms with Gasteiger partial charge in [-0.2, -0.15) is 5.10 Å². The summed E-state index contributed by atoms with van der Waals surface area (Å²) < 4.78 is 1.28. The van der Waals surface area contributed by atoms with Crippen LogP contribution in [0.3, 0.4) is 0 Å². The molecule has 0 aliphatic rings. The molecule has 0 fully saturated rings. The average Bonchev–Trinajstić information content (AvgIpc) is 2.45. The molecule has 82 valence electrons. The fraction of sp³-hybridized carbons (Fsp3) is 0.500. The third-order valence-corrected chi connectivity index (χ3v) is 2.14. The van der Waals surface area contributed by atoms with Gasteiger partial charge in [-0.25, -0.2) is 4.09 Å². The molecule has 0 unspecified atom stereocenters. The zero-order valence-electron chi connectivity index (χ0n) is 9.35. The van der Waals surface area contributed by atoms with E-state index in [1.807, 2.05) is 27.7 Å². The molecule has 0 aromatic carbocycles. The summed E-state index contributed by atoms with van der Waals surface area (Å²) in [5.74, 6) is -0.0822. The van der Waals surface area contributed by atoms with E-state index in [2.05, 4.69) is 22.9 Å². The molecule has 0 aliphatic carbocycles. The summed E-state index contributed by atoms with van der Waals surface area (Å²) in [4.78, 5) is 16.1. The highest BCUT2D eigenvalue weighted by Crippen LogP contribution is 2.22. The van der Waals surface area contributed by atoms with Gasteiger partial charge in [-0.05, 0) is 26.7 Å². The molecule has 4 nitrogen and oxygen atoms in total. The van der Waals surface area contributed by atoms with Gasteiger partial charge in [-0.15, -0.1) is 0 Å². The van der Waals surface area contributed by atoms with Crippen molar-refractivity contribution in [3.05, 3.63) is 11.9 Å². The molecule has 0 N–H and O–H groups in total. The van der Waals surface area contributed by atoms with E-state index < -0.39 is 0 Å². The van der Waals surface area contributed by atoms with Crippen molar-refractivity contribution in [2.45, 2.75) is 27.7 Å². The Kier molecular flexibility index (Phi) is 3.68. The highest BCUT2D eigenvalue weighted by atomic mass is 32.1. The molecule has 0 saturated carbocycles. The number of ketones is 1. The largest absolute Gasteiger partial charge is 0.292 e. The SMILES string of the molecule is CC(C)=Nc1cnn(S)c1C(=O)C(C)C. The summed E-state index contributed by atoms with van der Waals surface area (Å²) in [7, 11) is 0. The van der Waals surface area contributed by atoms with Gasteiger partial charge in [0.25, 0.3) is 0 Å². The van der Waals surface area contributed by atoms with E-state index in [1.165, 1.54) is 4.09 Å². The third kappa shape index (κ3) is 2.68. The number of thiol groups is 1. The molecule has 1 aromatic heterocycles. The van der Waals surface area contributed by atoms with Crippen LogP contribution in [0.1, 0.15) is 38.2 Å². The minimum atomic E-state index is -0.0845. The summed E-state index contributed by atoms with van der Waals surface area (Å²) in [6.07, 6.45) is 1.55. The van der Waals surface area contributed by atoms with E-state index >= 15 is 0 Å². The quantitative estimate of drug-likeness (QED) is 0.488. The third-order valence-electron chi connectivity index (χ3n) is 1.83. The highest BCUT2D eigenvalue weighted by molar-refractivity contribution is 7.78. The number of hydrogen-bond donors (Lipinski definition) is 1. The van der Waals surface area contributed by atoms with Gasteiger partial charge in [-0.1, -0.05) is 13.8 Å². The molecule has 5 heteroatoms. The maximum atomic E-state index is 11.8. The number of carbonyl (C=O) groups excluding carboxylic acids is 1.